The van der Waals surface area contributed by atoms with Crippen LogP contribution in [0.3, 0.4) is 0 Å². The van der Waals surface area contributed by atoms with Crippen molar-refractivity contribution in [2.45, 2.75) is 19.6 Å². The molecule has 2 aromatic carbocycles. The van der Waals surface area contributed by atoms with Crippen LogP contribution in [0.25, 0.3) is 10.6 Å². The lowest BCUT2D eigenvalue weighted by atomic mass is 10.1. The normalized spacial score (nSPS) is 11.5. The molecule has 0 aliphatic heterocycles. The largest absolute Gasteiger partial charge is 0.416 e. The van der Waals surface area contributed by atoms with Crippen LogP contribution in [0.1, 0.15) is 26.5 Å². The van der Waals surface area contributed by atoms with Crippen molar-refractivity contribution in [2.24, 2.45) is 0 Å². The van der Waals surface area contributed by atoms with Gasteiger partial charge in [-0.15, -0.1) is 11.3 Å². The summed E-state index contributed by atoms with van der Waals surface area (Å²) in [5, 5.41) is 1.32. The number of nitrogens with zero attached hydrogens (tertiary/aromatic N) is 2. The Hall–Kier alpha value is -2.38. The smallest absolute Gasteiger partial charge is 0.337 e. The molecule has 0 radical (unpaired) electrons. The maximum absolute atomic E-state index is 12.8. The number of aryl methyl sites for hydroxylation is 1. The zero-order valence-corrected chi connectivity index (χ0v) is 16.6. The predicted molar refractivity (Wildman–Crippen MR) is 105 cm³/mol. The van der Waals surface area contributed by atoms with Crippen molar-refractivity contribution in [3.05, 3.63) is 75.3 Å². The molecule has 8 heteroatoms. The van der Waals surface area contributed by atoms with E-state index in [0.717, 1.165) is 17.7 Å². The maximum atomic E-state index is 12.8. The molecule has 3 nitrogen and oxygen atoms in total. The van der Waals surface area contributed by atoms with Crippen LogP contribution in [0.2, 0.25) is 5.02 Å². The fourth-order valence-corrected chi connectivity index (χ4v) is 3.82. The molecule has 0 saturated heterocycles. The maximum Gasteiger partial charge on any atom is 0.416 e. The Bertz CT molecular complexity index is 982. The molecule has 1 aromatic heterocycles. The minimum atomic E-state index is -4.38. The van der Waals surface area contributed by atoms with Crippen molar-refractivity contribution < 1.29 is 18.0 Å². The highest BCUT2D eigenvalue weighted by Crippen LogP contribution is 2.31. The van der Waals surface area contributed by atoms with Gasteiger partial charge < -0.3 is 4.90 Å². The molecule has 0 bridgehead atoms. The SMILES string of the molecule is Cc1nc(-c2ccc(Cl)cc2)sc1C(=O)N(C)Cc1ccc(C(F)(F)F)cc1. The standard InChI is InChI=1S/C20H16ClF3N2OS/c1-12-17(28-18(25-12)14-5-9-16(21)10-6-14)19(27)26(2)11-13-3-7-15(8-4-13)20(22,23)24/h3-10H,11H2,1-2H3. The molecular formula is C20H16ClF3N2OS. The summed E-state index contributed by atoms with van der Waals surface area (Å²) in [6.45, 7) is 1.96. The molecule has 0 unspecified atom stereocenters. The van der Waals surface area contributed by atoms with E-state index in [-0.39, 0.29) is 12.5 Å². The van der Waals surface area contributed by atoms with Crippen molar-refractivity contribution in [1.82, 2.24) is 9.88 Å². The van der Waals surface area contributed by atoms with Gasteiger partial charge in [0.15, 0.2) is 0 Å². The predicted octanol–water partition coefficient (Wildman–Crippen LogP) is 6.06. The lowest BCUT2D eigenvalue weighted by Gasteiger charge is -2.17. The van der Waals surface area contributed by atoms with Gasteiger partial charge in [-0.2, -0.15) is 13.2 Å². The fraction of sp³-hybridized carbons (Fsp3) is 0.200. The van der Waals surface area contributed by atoms with Crippen LogP contribution < -0.4 is 0 Å². The fourth-order valence-electron chi connectivity index (χ4n) is 2.63. The summed E-state index contributed by atoms with van der Waals surface area (Å²) in [6, 6.07) is 12.0. The van der Waals surface area contributed by atoms with E-state index in [0.29, 0.717) is 26.2 Å². The number of rotatable bonds is 4. The van der Waals surface area contributed by atoms with Crippen molar-refractivity contribution in [3.8, 4) is 10.6 Å². The summed E-state index contributed by atoms with van der Waals surface area (Å²) in [5.74, 6) is -0.227. The lowest BCUT2D eigenvalue weighted by molar-refractivity contribution is -0.137. The van der Waals surface area contributed by atoms with Gasteiger partial charge in [0.2, 0.25) is 0 Å². The van der Waals surface area contributed by atoms with Crippen molar-refractivity contribution in [2.75, 3.05) is 7.05 Å². The molecule has 146 valence electrons. The van der Waals surface area contributed by atoms with Gasteiger partial charge in [0.1, 0.15) is 9.88 Å². The zero-order valence-electron chi connectivity index (χ0n) is 15.0. The second kappa shape index (κ2) is 7.93. The highest BCUT2D eigenvalue weighted by molar-refractivity contribution is 7.17. The first-order chi connectivity index (χ1) is 13.1. The van der Waals surface area contributed by atoms with E-state index < -0.39 is 11.7 Å². The Morgan fingerprint density at radius 2 is 1.71 bits per heavy atom. The minimum Gasteiger partial charge on any atom is -0.337 e. The number of halogens is 4. The van der Waals surface area contributed by atoms with Gasteiger partial charge in [-0.1, -0.05) is 35.9 Å². The third-order valence-electron chi connectivity index (χ3n) is 4.13. The first-order valence-electron chi connectivity index (χ1n) is 8.30. The van der Waals surface area contributed by atoms with Crippen LogP contribution in [0.4, 0.5) is 13.2 Å². The Labute approximate surface area is 169 Å². The summed E-state index contributed by atoms with van der Waals surface area (Å²) in [7, 11) is 1.61. The topological polar surface area (TPSA) is 33.2 Å². The molecule has 0 fully saturated rings. The highest BCUT2D eigenvalue weighted by Gasteiger charge is 2.30. The average Bonchev–Trinajstić information content (AvgIpc) is 3.03. The van der Waals surface area contributed by atoms with Crippen molar-refractivity contribution in [1.29, 1.82) is 0 Å². The van der Waals surface area contributed by atoms with Crippen LogP contribution in [0.15, 0.2) is 48.5 Å². The van der Waals surface area contributed by atoms with Gasteiger partial charge in [-0.25, -0.2) is 4.98 Å². The second-order valence-electron chi connectivity index (χ2n) is 6.30. The third-order valence-corrected chi connectivity index (χ3v) is 5.58. The molecule has 0 spiro atoms. The Kier molecular flexibility index (Phi) is 5.76. The van der Waals surface area contributed by atoms with E-state index in [2.05, 4.69) is 4.98 Å². The summed E-state index contributed by atoms with van der Waals surface area (Å²) < 4.78 is 38.0. The summed E-state index contributed by atoms with van der Waals surface area (Å²) in [4.78, 5) is 19.2. The Balaban J connectivity index is 1.75. The van der Waals surface area contributed by atoms with Gasteiger partial charge in [-0.05, 0) is 36.8 Å². The van der Waals surface area contributed by atoms with Crippen LogP contribution in [0.5, 0.6) is 0 Å². The third kappa shape index (κ3) is 4.54. The molecule has 28 heavy (non-hydrogen) atoms. The first kappa shape index (κ1) is 20.4. The molecule has 1 heterocycles. The average molecular weight is 425 g/mol. The number of aromatic nitrogens is 1. The number of alkyl halides is 3. The van der Waals surface area contributed by atoms with Crippen LogP contribution >= 0.6 is 22.9 Å². The molecule has 0 saturated carbocycles. The number of benzene rings is 2. The summed E-state index contributed by atoms with van der Waals surface area (Å²) in [6.07, 6.45) is -4.38. The number of carbonyl (C=O) groups excluding carboxylic acids is 1. The quantitative estimate of drug-likeness (QED) is 0.509. The minimum absolute atomic E-state index is 0.199. The van der Waals surface area contributed by atoms with Crippen LogP contribution in [-0.4, -0.2) is 22.8 Å². The number of carbonyl (C=O) groups is 1. The van der Waals surface area contributed by atoms with E-state index in [1.807, 2.05) is 12.1 Å². The van der Waals surface area contributed by atoms with E-state index in [1.54, 1.807) is 26.1 Å². The van der Waals surface area contributed by atoms with E-state index in [1.165, 1.54) is 28.4 Å². The van der Waals surface area contributed by atoms with Gasteiger partial charge >= 0.3 is 6.18 Å². The molecule has 3 aromatic rings. The molecule has 0 atom stereocenters. The zero-order chi connectivity index (χ0) is 20.5. The van der Waals surface area contributed by atoms with Crippen LogP contribution in [0, 0.1) is 6.92 Å². The lowest BCUT2D eigenvalue weighted by Crippen LogP contribution is -2.26. The summed E-state index contributed by atoms with van der Waals surface area (Å²) in [5.41, 5.74) is 1.38. The number of hydrogen-bond acceptors (Lipinski definition) is 3. The number of amides is 1. The monoisotopic (exact) mass is 424 g/mol. The Morgan fingerprint density at radius 1 is 1.11 bits per heavy atom. The summed E-state index contributed by atoms with van der Waals surface area (Å²) >= 11 is 7.18. The van der Waals surface area contributed by atoms with E-state index in [9.17, 15) is 18.0 Å². The van der Waals surface area contributed by atoms with Crippen molar-refractivity contribution >= 4 is 28.8 Å². The molecular weight excluding hydrogens is 409 g/mol. The van der Waals surface area contributed by atoms with E-state index in [4.69, 9.17) is 11.6 Å². The highest BCUT2D eigenvalue weighted by atomic mass is 35.5. The van der Waals surface area contributed by atoms with Crippen molar-refractivity contribution in [3.63, 3.8) is 0 Å². The first-order valence-corrected chi connectivity index (χ1v) is 9.49. The van der Waals surface area contributed by atoms with Crippen LogP contribution in [-0.2, 0) is 12.7 Å². The number of thiazole rings is 1. The van der Waals surface area contributed by atoms with E-state index >= 15 is 0 Å². The number of hydrogen-bond donors (Lipinski definition) is 0. The van der Waals surface area contributed by atoms with Gasteiger partial charge in [0, 0.05) is 24.2 Å². The second-order valence-corrected chi connectivity index (χ2v) is 7.73. The van der Waals surface area contributed by atoms with Gasteiger partial charge in [0.05, 0.1) is 11.3 Å². The molecule has 0 aliphatic carbocycles. The molecule has 3 rings (SSSR count). The molecule has 0 N–H and O–H groups in total. The Morgan fingerprint density at radius 3 is 2.29 bits per heavy atom. The molecule has 1 amide bonds. The van der Waals surface area contributed by atoms with Gasteiger partial charge in [-0.3, -0.25) is 4.79 Å². The molecule has 0 aliphatic rings. The van der Waals surface area contributed by atoms with Gasteiger partial charge in [0.25, 0.3) is 5.91 Å².